The normalized spacial score (nSPS) is 24.2. The minimum atomic E-state index is -0.159. The molecular formula is C31H38ClN5O. The molecule has 2 bridgehead atoms. The number of allylic oxidation sites excluding steroid dienone is 1. The zero-order chi connectivity index (χ0) is 26.7. The van der Waals surface area contributed by atoms with E-state index in [0.29, 0.717) is 18.3 Å². The van der Waals surface area contributed by atoms with Crippen LogP contribution in [0.25, 0.3) is 10.8 Å². The third-order valence-corrected chi connectivity index (χ3v) is 8.50. The van der Waals surface area contributed by atoms with Gasteiger partial charge in [-0.25, -0.2) is 0 Å². The van der Waals surface area contributed by atoms with Crippen LogP contribution in [0.2, 0.25) is 5.02 Å². The molecule has 7 heteroatoms. The Morgan fingerprint density at radius 1 is 1.32 bits per heavy atom. The molecule has 2 fully saturated rings. The molecule has 1 N–H and O–H groups in total. The van der Waals surface area contributed by atoms with E-state index in [0.717, 1.165) is 79.9 Å². The van der Waals surface area contributed by atoms with Gasteiger partial charge >= 0.3 is 0 Å². The highest BCUT2D eigenvalue weighted by molar-refractivity contribution is 6.36. The summed E-state index contributed by atoms with van der Waals surface area (Å²) in [6, 6.07) is 15.3. The summed E-state index contributed by atoms with van der Waals surface area (Å²) in [5.74, 6) is 1.68. The molecule has 0 aliphatic carbocycles. The van der Waals surface area contributed by atoms with E-state index in [1.54, 1.807) is 7.11 Å². The maximum atomic E-state index is 9.57. The molecule has 2 atom stereocenters. The lowest BCUT2D eigenvalue weighted by atomic mass is 9.92. The number of hydrogen-bond donors (Lipinski definition) is 1. The summed E-state index contributed by atoms with van der Waals surface area (Å²) < 4.78 is 5.72. The van der Waals surface area contributed by atoms with E-state index in [-0.39, 0.29) is 5.54 Å². The number of nitriles is 1. The van der Waals surface area contributed by atoms with Crippen molar-refractivity contribution in [2.45, 2.75) is 64.0 Å². The van der Waals surface area contributed by atoms with Crippen molar-refractivity contribution in [3.63, 3.8) is 0 Å². The SMILES string of the molecule is CCC/C=C(/N=C(\C1=C(C)CN(c2cccc3cccc(Cl)c23)CC1)N1CC2CCC(CC#N)(C1)N2)OC. The third-order valence-electron chi connectivity index (χ3n) is 8.18. The summed E-state index contributed by atoms with van der Waals surface area (Å²) >= 11 is 6.67. The van der Waals surface area contributed by atoms with Gasteiger partial charge in [-0.05, 0) is 67.3 Å². The molecule has 0 amide bonds. The summed E-state index contributed by atoms with van der Waals surface area (Å²) in [6.07, 6.45) is 7.59. The number of benzene rings is 2. The van der Waals surface area contributed by atoms with Crippen molar-refractivity contribution >= 4 is 33.9 Å². The first-order valence-corrected chi connectivity index (χ1v) is 14.2. The monoisotopic (exact) mass is 531 g/mol. The second-order valence-corrected chi connectivity index (χ2v) is 11.3. The van der Waals surface area contributed by atoms with E-state index >= 15 is 0 Å². The van der Waals surface area contributed by atoms with Crippen LogP contribution in [-0.2, 0) is 4.74 Å². The highest BCUT2D eigenvalue weighted by Crippen LogP contribution is 2.37. The standard InChI is InChI=1S/C31H38ClN5O/c1-4-5-12-28(38-3)34-30(37-20-24-13-15-31(21-37,35-24)16-17-33)25-14-18-36(19-22(25)2)27-11-7-9-23-8-6-10-26(32)29(23)27/h6-12,24,35H,4-5,13-16,18-21H2,1-3H3/b28-12-,34-30+. The Morgan fingerprint density at radius 3 is 2.87 bits per heavy atom. The summed E-state index contributed by atoms with van der Waals surface area (Å²) in [6.45, 7) is 7.79. The van der Waals surface area contributed by atoms with Gasteiger partial charge < -0.3 is 19.9 Å². The number of nitrogens with one attached hydrogen (secondary N) is 1. The van der Waals surface area contributed by atoms with Crippen molar-refractivity contribution < 1.29 is 4.74 Å². The van der Waals surface area contributed by atoms with Gasteiger partial charge in [0.05, 0.1) is 24.6 Å². The average Bonchev–Trinajstić information content (AvgIpc) is 3.22. The molecular weight excluding hydrogens is 494 g/mol. The summed E-state index contributed by atoms with van der Waals surface area (Å²) in [5.41, 5.74) is 3.62. The Hall–Kier alpha value is -3.01. The molecule has 0 saturated carbocycles. The minimum absolute atomic E-state index is 0.159. The third kappa shape index (κ3) is 5.28. The number of halogens is 1. The smallest absolute Gasteiger partial charge is 0.210 e. The van der Waals surface area contributed by atoms with Crippen molar-refractivity contribution in [3.8, 4) is 6.07 Å². The molecule has 2 unspecified atom stereocenters. The largest absolute Gasteiger partial charge is 0.481 e. The minimum Gasteiger partial charge on any atom is -0.481 e. The van der Waals surface area contributed by atoms with Crippen molar-refractivity contribution in [3.05, 3.63) is 64.5 Å². The lowest BCUT2D eigenvalue weighted by Crippen LogP contribution is -2.61. The van der Waals surface area contributed by atoms with E-state index in [1.165, 1.54) is 16.8 Å². The van der Waals surface area contributed by atoms with Gasteiger partial charge in [-0.15, -0.1) is 0 Å². The van der Waals surface area contributed by atoms with Crippen molar-refractivity contribution in [1.82, 2.24) is 10.2 Å². The van der Waals surface area contributed by atoms with Crippen molar-refractivity contribution in [2.24, 2.45) is 4.99 Å². The molecule has 2 saturated heterocycles. The number of unbranched alkanes of at least 4 members (excludes halogenated alkanes) is 1. The number of rotatable bonds is 7. The molecule has 3 aliphatic rings. The quantitative estimate of drug-likeness (QED) is 0.253. The number of piperazine rings is 1. The molecule has 38 heavy (non-hydrogen) atoms. The van der Waals surface area contributed by atoms with Crippen LogP contribution in [0.4, 0.5) is 5.69 Å². The molecule has 2 aromatic rings. The van der Waals surface area contributed by atoms with Crippen LogP contribution in [0.15, 0.2) is 64.5 Å². The van der Waals surface area contributed by atoms with E-state index < -0.39 is 0 Å². The van der Waals surface area contributed by atoms with E-state index in [2.05, 4.69) is 65.4 Å². The average molecular weight is 532 g/mol. The molecule has 0 spiro atoms. The summed E-state index contributed by atoms with van der Waals surface area (Å²) in [7, 11) is 1.70. The van der Waals surface area contributed by atoms with Gasteiger partial charge in [0.15, 0.2) is 0 Å². The fourth-order valence-electron chi connectivity index (χ4n) is 6.34. The number of amidine groups is 1. The zero-order valence-corrected chi connectivity index (χ0v) is 23.5. The maximum Gasteiger partial charge on any atom is 0.210 e. The number of likely N-dealkylation sites (tertiary alicyclic amines) is 1. The van der Waals surface area contributed by atoms with E-state index in [9.17, 15) is 5.26 Å². The Morgan fingerprint density at radius 2 is 2.13 bits per heavy atom. The molecule has 3 aliphatic heterocycles. The zero-order valence-electron chi connectivity index (χ0n) is 22.8. The van der Waals surface area contributed by atoms with Crippen LogP contribution >= 0.6 is 11.6 Å². The first kappa shape index (κ1) is 26.6. The lowest BCUT2D eigenvalue weighted by molar-refractivity contribution is 0.205. The molecule has 200 valence electrons. The highest BCUT2D eigenvalue weighted by atomic mass is 35.5. The van der Waals surface area contributed by atoms with Gasteiger partial charge in [0.1, 0.15) is 5.84 Å². The summed E-state index contributed by atoms with van der Waals surface area (Å²) in [5, 5.41) is 16.4. The number of aliphatic imine (C=N–C) groups is 1. The number of hydrogen-bond acceptors (Lipinski definition) is 5. The van der Waals surface area contributed by atoms with E-state index in [1.807, 2.05) is 12.1 Å². The van der Waals surface area contributed by atoms with Gasteiger partial charge in [0, 0.05) is 48.8 Å². The van der Waals surface area contributed by atoms with Crippen LogP contribution in [0, 0.1) is 11.3 Å². The number of fused-ring (bicyclic) bond motifs is 3. The fourth-order valence-corrected chi connectivity index (χ4v) is 6.62. The van der Waals surface area contributed by atoms with Gasteiger partial charge in [-0.3, -0.25) is 0 Å². The Bertz CT molecular complexity index is 1320. The molecule has 0 radical (unpaired) electrons. The van der Waals surface area contributed by atoms with Gasteiger partial charge in [-0.2, -0.15) is 10.3 Å². The maximum absolute atomic E-state index is 9.57. The van der Waals surface area contributed by atoms with Crippen molar-refractivity contribution in [2.75, 3.05) is 38.2 Å². The number of ether oxygens (including phenoxy) is 1. The number of nitrogens with zero attached hydrogens (tertiary/aromatic N) is 4. The predicted octanol–water partition coefficient (Wildman–Crippen LogP) is 6.43. The second kappa shape index (κ2) is 11.4. The molecule has 3 heterocycles. The number of methoxy groups -OCH3 is 1. The van der Waals surface area contributed by atoms with Crippen LogP contribution < -0.4 is 10.2 Å². The van der Waals surface area contributed by atoms with Crippen LogP contribution in [0.3, 0.4) is 0 Å². The highest BCUT2D eigenvalue weighted by Gasteiger charge is 2.45. The van der Waals surface area contributed by atoms with Gasteiger partial charge in [0.2, 0.25) is 5.88 Å². The van der Waals surface area contributed by atoms with E-state index in [4.69, 9.17) is 21.3 Å². The Labute approximate surface area is 231 Å². The lowest BCUT2D eigenvalue weighted by Gasteiger charge is -2.43. The Kier molecular flexibility index (Phi) is 7.97. The van der Waals surface area contributed by atoms with Crippen molar-refractivity contribution in [1.29, 1.82) is 5.26 Å². The van der Waals surface area contributed by atoms with Gasteiger partial charge in [-0.1, -0.05) is 49.2 Å². The van der Waals surface area contributed by atoms with Crippen LogP contribution in [-0.4, -0.2) is 55.6 Å². The Balaban J connectivity index is 1.51. The number of anilines is 1. The first-order valence-electron chi connectivity index (χ1n) is 13.8. The van der Waals surface area contributed by atoms with Gasteiger partial charge in [0.25, 0.3) is 0 Å². The summed E-state index contributed by atoms with van der Waals surface area (Å²) in [4.78, 5) is 10.0. The molecule has 2 aromatic carbocycles. The first-order chi connectivity index (χ1) is 18.5. The van der Waals surface area contributed by atoms with Crippen LogP contribution in [0.1, 0.15) is 52.4 Å². The fraction of sp³-hybridized carbons (Fsp3) is 0.484. The molecule has 6 nitrogen and oxygen atoms in total. The molecule has 5 rings (SSSR count). The molecule has 0 aromatic heterocycles. The predicted molar refractivity (Wildman–Crippen MR) is 157 cm³/mol. The topological polar surface area (TPSA) is 63.9 Å². The second-order valence-electron chi connectivity index (χ2n) is 10.9. The van der Waals surface area contributed by atoms with Crippen LogP contribution in [0.5, 0.6) is 0 Å².